The van der Waals surface area contributed by atoms with E-state index in [-0.39, 0.29) is 13.0 Å². The summed E-state index contributed by atoms with van der Waals surface area (Å²) in [6.07, 6.45) is -0.947. The lowest BCUT2D eigenvalue weighted by Gasteiger charge is -2.31. The average molecular weight is 273 g/mol. The van der Waals surface area contributed by atoms with Crippen molar-refractivity contribution in [2.24, 2.45) is 10.8 Å². The molecular weight excluding hydrogens is 253 g/mol. The van der Waals surface area contributed by atoms with Gasteiger partial charge in [0.25, 0.3) is 0 Å². The first-order chi connectivity index (χ1) is 8.66. The Morgan fingerprint density at radius 2 is 2.05 bits per heavy atom. The summed E-state index contributed by atoms with van der Waals surface area (Å²) in [5, 5.41) is 12.3. The number of carbonyl (C=O) groups excluding carboxylic acids is 1. The molecule has 1 saturated carbocycles. The third-order valence-electron chi connectivity index (χ3n) is 4.09. The second-order valence-corrected chi connectivity index (χ2v) is 6.47. The number of aliphatic carboxylic acids is 1. The predicted octanol–water partition coefficient (Wildman–Crippen LogP) is 1.12. The molecule has 1 spiro atoms. The first-order valence-electron chi connectivity index (χ1n) is 6.47. The number of carbonyl (C=O) groups is 2. The molecule has 0 bridgehead atoms. The molecule has 1 saturated heterocycles. The standard InChI is InChI=1S/C13H20FNO4/c1-11(2,3)19-10(18)13(9(16)17)7-12(13)4-5-15-6-8(12)14/h8,15H,4-7H2,1-3H3,(H,16,17). The minimum absolute atomic E-state index is 0.0348. The number of alkyl halides is 1. The van der Waals surface area contributed by atoms with Crippen LogP contribution in [0.3, 0.4) is 0 Å². The van der Waals surface area contributed by atoms with Gasteiger partial charge in [-0.25, -0.2) is 4.39 Å². The second-order valence-electron chi connectivity index (χ2n) is 6.47. The first kappa shape index (κ1) is 14.2. The molecule has 2 N–H and O–H groups in total. The maximum absolute atomic E-state index is 14.1. The maximum atomic E-state index is 14.1. The SMILES string of the molecule is CC(C)(C)OC(=O)C1(C(=O)O)CC12CCNCC2F. The molecule has 2 fully saturated rings. The molecule has 0 aromatic rings. The van der Waals surface area contributed by atoms with Crippen molar-refractivity contribution in [2.45, 2.75) is 45.4 Å². The number of carboxylic acids is 1. The van der Waals surface area contributed by atoms with Crippen LogP contribution in [-0.2, 0) is 14.3 Å². The van der Waals surface area contributed by atoms with E-state index in [4.69, 9.17) is 4.74 Å². The minimum atomic E-state index is -1.71. The molecule has 1 aliphatic carbocycles. The van der Waals surface area contributed by atoms with Crippen molar-refractivity contribution < 1.29 is 23.8 Å². The van der Waals surface area contributed by atoms with E-state index in [1.54, 1.807) is 20.8 Å². The van der Waals surface area contributed by atoms with Crippen molar-refractivity contribution in [2.75, 3.05) is 13.1 Å². The van der Waals surface area contributed by atoms with Gasteiger partial charge < -0.3 is 15.2 Å². The van der Waals surface area contributed by atoms with E-state index in [1.165, 1.54) is 0 Å². The Balaban J connectivity index is 2.28. The summed E-state index contributed by atoms with van der Waals surface area (Å²) in [6, 6.07) is 0. The van der Waals surface area contributed by atoms with Gasteiger partial charge in [-0.05, 0) is 40.2 Å². The van der Waals surface area contributed by atoms with Gasteiger partial charge in [0, 0.05) is 12.0 Å². The Bertz CT molecular complexity index is 419. The molecule has 0 radical (unpaired) electrons. The number of piperidine rings is 1. The molecule has 6 heteroatoms. The van der Waals surface area contributed by atoms with Crippen LogP contribution in [0.1, 0.15) is 33.6 Å². The molecule has 0 amide bonds. The Morgan fingerprint density at radius 3 is 2.53 bits per heavy atom. The summed E-state index contributed by atoms with van der Waals surface area (Å²) >= 11 is 0. The fraction of sp³-hybridized carbons (Fsp3) is 0.846. The highest BCUT2D eigenvalue weighted by Crippen LogP contribution is 2.70. The van der Waals surface area contributed by atoms with Crippen LogP contribution < -0.4 is 5.32 Å². The van der Waals surface area contributed by atoms with Crippen LogP contribution in [0.15, 0.2) is 0 Å². The van der Waals surface area contributed by atoms with Crippen LogP contribution in [0.25, 0.3) is 0 Å². The van der Waals surface area contributed by atoms with Crippen LogP contribution in [0.2, 0.25) is 0 Å². The molecule has 108 valence electrons. The van der Waals surface area contributed by atoms with Crippen molar-refractivity contribution in [1.82, 2.24) is 5.32 Å². The molecule has 2 aliphatic rings. The Morgan fingerprint density at radius 1 is 1.42 bits per heavy atom. The number of hydrogen-bond donors (Lipinski definition) is 2. The van der Waals surface area contributed by atoms with Gasteiger partial charge in [0.1, 0.15) is 11.8 Å². The van der Waals surface area contributed by atoms with E-state index in [9.17, 15) is 19.1 Å². The van der Waals surface area contributed by atoms with Gasteiger partial charge >= 0.3 is 11.9 Å². The van der Waals surface area contributed by atoms with Crippen molar-refractivity contribution >= 4 is 11.9 Å². The Labute approximate surface area is 111 Å². The molecular formula is C13H20FNO4. The molecule has 3 unspecified atom stereocenters. The number of esters is 1. The summed E-state index contributed by atoms with van der Waals surface area (Å²) in [4.78, 5) is 23.8. The highest BCUT2D eigenvalue weighted by Gasteiger charge is 2.81. The lowest BCUT2D eigenvalue weighted by molar-refractivity contribution is -0.172. The van der Waals surface area contributed by atoms with Gasteiger partial charge in [0.15, 0.2) is 5.41 Å². The quantitative estimate of drug-likeness (QED) is 0.582. The predicted molar refractivity (Wildman–Crippen MR) is 65.3 cm³/mol. The molecule has 1 aliphatic heterocycles. The van der Waals surface area contributed by atoms with Crippen LogP contribution in [0.4, 0.5) is 4.39 Å². The molecule has 5 nitrogen and oxygen atoms in total. The summed E-state index contributed by atoms with van der Waals surface area (Å²) in [5.41, 5.74) is -3.57. The largest absolute Gasteiger partial charge is 0.480 e. The van der Waals surface area contributed by atoms with Crippen molar-refractivity contribution in [1.29, 1.82) is 0 Å². The molecule has 19 heavy (non-hydrogen) atoms. The topological polar surface area (TPSA) is 75.6 Å². The zero-order valence-electron chi connectivity index (χ0n) is 11.5. The van der Waals surface area contributed by atoms with Crippen molar-refractivity contribution in [3.8, 4) is 0 Å². The number of carboxylic acid groups (broad SMARTS) is 1. The first-order valence-corrected chi connectivity index (χ1v) is 6.47. The van der Waals surface area contributed by atoms with Gasteiger partial charge in [0.2, 0.25) is 0 Å². The normalized spacial score (nSPS) is 38.0. The lowest BCUT2D eigenvalue weighted by atomic mass is 9.83. The monoisotopic (exact) mass is 273 g/mol. The zero-order chi connectivity index (χ0) is 14.5. The van der Waals surface area contributed by atoms with Crippen LogP contribution in [-0.4, -0.2) is 41.9 Å². The molecule has 2 rings (SSSR count). The van der Waals surface area contributed by atoms with E-state index in [0.717, 1.165) is 0 Å². The van der Waals surface area contributed by atoms with Crippen LogP contribution in [0.5, 0.6) is 0 Å². The Kier molecular flexibility index (Phi) is 3.12. The fourth-order valence-corrected chi connectivity index (χ4v) is 3.02. The zero-order valence-corrected chi connectivity index (χ0v) is 11.5. The van der Waals surface area contributed by atoms with Gasteiger partial charge in [-0.1, -0.05) is 0 Å². The summed E-state index contributed by atoms with van der Waals surface area (Å²) in [6.45, 7) is 5.64. The van der Waals surface area contributed by atoms with E-state index >= 15 is 0 Å². The van der Waals surface area contributed by atoms with Crippen molar-refractivity contribution in [3.05, 3.63) is 0 Å². The number of rotatable bonds is 2. The lowest BCUT2D eigenvalue weighted by Crippen LogP contribution is -2.47. The maximum Gasteiger partial charge on any atom is 0.324 e. The van der Waals surface area contributed by atoms with E-state index in [0.29, 0.717) is 13.0 Å². The fourth-order valence-electron chi connectivity index (χ4n) is 3.02. The number of ether oxygens (including phenoxy) is 1. The number of halogens is 1. The van der Waals surface area contributed by atoms with Crippen molar-refractivity contribution in [3.63, 3.8) is 0 Å². The molecule has 3 atom stereocenters. The van der Waals surface area contributed by atoms with E-state index in [2.05, 4.69) is 5.32 Å². The smallest absolute Gasteiger partial charge is 0.324 e. The van der Waals surface area contributed by atoms with Crippen LogP contribution in [0, 0.1) is 10.8 Å². The number of nitrogens with one attached hydrogen (secondary N) is 1. The van der Waals surface area contributed by atoms with E-state index in [1.807, 2.05) is 0 Å². The third-order valence-corrected chi connectivity index (χ3v) is 4.09. The second kappa shape index (κ2) is 4.16. The molecule has 1 heterocycles. The third kappa shape index (κ3) is 2.02. The van der Waals surface area contributed by atoms with Gasteiger partial charge in [-0.15, -0.1) is 0 Å². The average Bonchev–Trinajstić information content (AvgIpc) is 2.92. The highest BCUT2D eigenvalue weighted by atomic mass is 19.1. The van der Waals surface area contributed by atoms with Crippen LogP contribution >= 0.6 is 0 Å². The number of hydrogen-bond acceptors (Lipinski definition) is 4. The molecule has 0 aromatic carbocycles. The summed E-state index contributed by atoms with van der Waals surface area (Å²) < 4.78 is 19.3. The minimum Gasteiger partial charge on any atom is -0.480 e. The van der Waals surface area contributed by atoms with Gasteiger partial charge in [-0.2, -0.15) is 0 Å². The van der Waals surface area contributed by atoms with Gasteiger partial charge in [-0.3, -0.25) is 9.59 Å². The van der Waals surface area contributed by atoms with Gasteiger partial charge in [0.05, 0.1) is 0 Å². The summed E-state index contributed by atoms with van der Waals surface area (Å²) in [7, 11) is 0. The summed E-state index contributed by atoms with van der Waals surface area (Å²) in [5.74, 6) is -2.08. The molecule has 0 aromatic heterocycles. The Hall–Kier alpha value is -1.17. The highest BCUT2D eigenvalue weighted by molar-refractivity contribution is 6.04. The van der Waals surface area contributed by atoms with E-state index < -0.39 is 34.5 Å².